The maximum atomic E-state index is 14.4. The first-order valence-electron chi connectivity index (χ1n) is 10.4. The Labute approximate surface area is 189 Å². The second-order valence-corrected chi connectivity index (χ2v) is 9.56. The first kappa shape index (κ1) is 21.5. The first-order chi connectivity index (χ1) is 15.8. The van der Waals surface area contributed by atoms with E-state index in [9.17, 15) is 22.3 Å². The van der Waals surface area contributed by atoms with E-state index in [4.69, 9.17) is 9.72 Å². The number of aromatic nitrogens is 2. The number of aromatic hydroxyl groups is 1. The number of phenols is 1. The van der Waals surface area contributed by atoms with Crippen LogP contribution < -0.4 is 9.21 Å². The number of benzene rings is 2. The highest BCUT2D eigenvalue weighted by molar-refractivity contribution is 7.92. The van der Waals surface area contributed by atoms with Crippen LogP contribution >= 0.6 is 0 Å². The lowest BCUT2D eigenvalue weighted by molar-refractivity contribution is 0.122. The van der Waals surface area contributed by atoms with Crippen LogP contribution in [0.25, 0.3) is 11.3 Å². The fraction of sp³-hybridized carbons (Fsp3) is 0.273. The molecule has 0 radical (unpaired) electrons. The third-order valence-electron chi connectivity index (χ3n) is 5.65. The third-order valence-corrected chi connectivity index (χ3v) is 7.47. The van der Waals surface area contributed by atoms with Gasteiger partial charge in [0.25, 0.3) is 10.0 Å². The molecule has 0 aliphatic carbocycles. The summed E-state index contributed by atoms with van der Waals surface area (Å²) in [5.74, 6) is -1.52. The van der Waals surface area contributed by atoms with Gasteiger partial charge in [0.1, 0.15) is 22.3 Å². The molecule has 3 heterocycles. The first-order valence-corrected chi connectivity index (χ1v) is 11.8. The van der Waals surface area contributed by atoms with Gasteiger partial charge >= 0.3 is 0 Å². The Balaban J connectivity index is 1.67. The fourth-order valence-corrected chi connectivity index (χ4v) is 5.54. The van der Waals surface area contributed by atoms with Gasteiger partial charge in [0, 0.05) is 36.8 Å². The monoisotopic (exact) mass is 474 g/mol. The zero-order chi connectivity index (χ0) is 23.2. The predicted octanol–water partition coefficient (Wildman–Crippen LogP) is 2.72. The molecule has 1 saturated heterocycles. The van der Waals surface area contributed by atoms with Crippen molar-refractivity contribution < 1.29 is 27.0 Å². The Hall–Kier alpha value is -3.31. The molecule has 33 heavy (non-hydrogen) atoms. The number of hydrogen-bond donors (Lipinski definition) is 1. The lowest BCUT2D eigenvalue weighted by Crippen LogP contribution is -2.38. The SMILES string of the molecule is O=S(=O)(c1ccc(F)cc1F)N1CCc2c(-c3cccc(O)c3)nc(N3CCOCC3)nc21. The van der Waals surface area contributed by atoms with Crippen LogP contribution in [0, 0.1) is 11.6 Å². The van der Waals surface area contributed by atoms with Crippen molar-refractivity contribution in [3.05, 3.63) is 59.7 Å². The van der Waals surface area contributed by atoms with E-state index >= 15 is 0 Å². The molecule has 11 heteroatoms. The molecule has 1 N–H and O–H groups in total. The second-order valence-electron chi connectivity index (χ2n) is 7.73. The van der Waals surface area contributed by atoms with Gasteiger partial charge in [-0.25, -0.2) is 26.5 Å². The lowest BCUT2D eigenvalue weighted by Gasteiger charge is -2.28. The van der Waals surface area contributed by atoms with E-state index < -0.39 is 26.6 Å². The minimum atomic E-state index is -4.35. The second kappa shape index (κ2) is 8.23. The van der Waals surface area contributed by atoms with E-state index in [0.717, 1.165) is 16.4 Å². The largest absolute Gasteiger partial charge is 0.508 e. The highest BCUT2D eigenvalue weighted by Crippen LogP contribution is 2.39. The van der Waals surface area contributed by atoms with Gasteiger partial charge in [0.15, 0.2) is 5.82 Å². The molecule has 0 bridgehead atoms. The van der Waals surface area contributed by atoms with Crippen molar-refractivity contribution in [1.29, 1.82) is 0 Å². The van der Waals surface area contributed by atoms with Crippen molar-refractivity contribution >= 4 is 21.8 Å². The molecular formula is C22H20F2N4O4S. The Morgan fingerprint density at radius 2 is 1.79 bits per heavy atom. The summed E-state index contributed by atoms with van der Waals surface area (Å²) in [7, 11) is -4.35. The van der Waals surface area contributed by atoms with E-state index in [1.54, 1.807) is 18.2 Å². The van der Waals surface area contributed by atoms with Gasteiger partial charge in [-0.3, -0.25) is 0 Å². The van der Waals surface area contributed by atoms with Crippen LogP contribution in [0.5, 0.6) is 5.75 Å². The number of rotatable bonds is 4. The van der Waals surface area contributed by atoms with E-state index in [-0.39, 0.29) is 18.1 Å². The Bertz CT molecular complexity index is 1330. The summed E-state index contributed by atoms with van der Waals surface area (Å²) in [5.41, 5.74) is 1.67. The van der Waals surface area contributed by atoms with Crippen molar-refractivity contribution in [2.75, 3.05) is 42.1 Å². The molecule has 172 valence electrons. The number of ether oxygens (including phenoxy) is 1. The average molecular weight is 474 g/mol. The molecule has 5 rings (SSSR count). The zero-order valence-corrected chi connectivity index (χ0v) is 18.2. The Kier molecular flexibility index (Phi) is 5.37. The van der Waals surface area contributed by atoms with Gasteiger partial charge in [0.2, 0.25) is 5.95 Å². The summed E-state index contributed by atoms with van der Waals surface area (Å²) >= 11 is 0. The molecule has 2 aliphatic rings. The standard InChI is InChI=1S/C22H20F2N4O4S/c23-15-4-5-19(18(24)13-15)33(30,31)28-7-6-17-20(14-2-1-3-16(29)12-14)25-22(26-21(17)28)27-8-10-32-11-9-27/h1-5,12-13,29H,6-11H2. The number of fused-ring (bicyclic) bond motifs is 1. The molecule has 3 aromatic rings. The lowest BCUT2D eigenvalue weighted by atomic mass is 10.1. The molecule has 2 aliphatic heterocycles. The van der Waals surface area contributed by atoms with E-state index in [0.29, 0.717) is 61.6 Å². The minimum absolute atomic E-state index is 0.0293. The van der Waals surface area contributed by atoms with Gasteiger partial charge in [0.05, 0.1) is 18.9 Å². The van der Waals surface area contributed by atoms with Gasteiger partial charge in [-0.2, -0.15) is 4.98 Å². The van der Waals surface area contributed by atoms with Crippen LogP contribution in [-0.2, 0) is 21.2 Å². The fourth-order valence-electron chi connectivity index (χ4n) is 4.05. The highest BCUT2D eigenvalue weighted by atomic mass is 32.2. The number of nitrogens with zero attached hydrogens (tertiary/aromatic N) is 4. The summed E-state index contributed by atoms with van der Waals surface area (Å²) in [5, 5.41) is 9.97. The van der Waals surface area contributed by atoms with Gasteiger partial charge < -0.3 is 14.7 Å². The third kappa shape index (κ3) is 3.87. The van der Waals surface area contributed by atoms with Crippen molar-refractivity contribution in [1.82, 2.24) is 9.97 Å². The number of anilines is 2. The Morgan fingerprint density at radius 3 is 2.52 bits per heavy atom. The molecule has 0 unspecified atom stereocenters. The number of phenolic OH excluding ortho intramolecular Hbond substituents is 1. The van der Waals surface area contributed by atoms with Gasteiger partial charge in [-0.15, -0.1) is 0 Å². The summed E-state index contributed by atoms with van der Waals surface area (Å²) < 4.78 is 60.9. The predicted molar refractivity (Wildman–Crippen MR) is 117 cm³/mol. The van der Waals surface area contributed by atoms with Crippen molar-refractivity contribution in [3.63, 3.8) is 0 Å². The zero-order valence-electron chi connectivity index (χ0n) is 17.4. The van der Waals surface area contributed by atoms with Crippen LogP contribution in [0.1, 0.15) is 5.56 Å². The van der Waals surface area contributed by atoms with Crippen LogP contribution in [0.4, 0.5) is 20.5 Å². The Morgan fingerprint density at radius 1 is 1.00 bits per heavy atom. The molecule has 1 aromatic heterocycles. The van der Waals surface area contributed by atoms with Crippen LogP contribution in [0.15, 0.2) is 47.4 Å². The topological polar surface area (TPSA) is 95.9 Å². The van der Waals surface area contributed by atoms with Crippen molar-refractivity contribution in [3.8, 4) is 17.0 Å². The summed E-state index contributed by atoms with van der Waals surface area (Å²) in [4.78, 5) is 10.5. The molecule has 1 fully saturated rings. The number of morpholine rings is 1. The molecule has 0 atom stereocenters. The van der Waals surface area contributed by atoms with Gasteiger partial charge in [-0.05, 0) is 30.7 Å². The quantitative estimate of drug-likeness (QED) is 0.621. The van der Waals surface area contributed by atoms with Crippen molar-refractivity contribution in [2.24, 2.45) is 0 Å². The summed E-state index contributed by atoms with van der Waals surface area (Å²) in [6.45, 7) is 2.03. The highest BCUT2D eigenvalue weighted by Gasteiger charge is 2.37. The molecular weight excluding hydrogens is 454 g/mol. The maximum Gasteiger partial charge on any atom is 0.268 e. The van der Waals surface area contributed by atoms with E-state index in [1.807, 2.05) is 4.90 Å². The summed E-state index contributed by atoms with van der Waals surface area (Å²) in [6.07, 6.45) is 0.297. The van der Waals surface area contributed by atoms with Crippen LogP contribution in [0.2, 0.25) is 0 Å². The van der Waals surface area contributed by atoms with Gasteiger partial charge in [-0.1, -0.05) is 12.1 Å². The van der Waals surface area contributed by atoms with Crippen LogP contribution in [-0.4, -0.2) is 56.3 Å². The number of sulfonamides is 1. The van der Waals surface area contributed by atoms with E-state index in [1.165, 1.54) is 6.07 Å². The van der Waals surface area contributed by atoms with E-state index in [2.05, 4.69) is 4.98 Å². The maximum absolute atomic E-state index is 14.4. The molecule has 0 spiro atoms. The van der Waals surface area contributed by atoms with Crippen LogP contribution in [0.3, 0.4) is 0 Å². The summed E-state index contributed by atoms with van der Waals surface area (Å²) in [6, 6.07) is 8.88. The normalized spacial score (nSPS) is 16.2. The molecule has 8 nitrogen and oxygen atoms in total. The minimum Gasteiger partial charge on any atom is -0.508 e. The molecule has 2 aromatic carbocycles. The average Bonchev–Trinajstić information content (AvgIpc) is 3.24. The smallest absolute Gasteiger partial charge is 0.268 e. The number of hydrogen-bond acceptors (Lipinski definition) is 7. The molecule has 0 saturated carbocycles. The molecule has 0 amide bonds. The number of halogens is 2. The van der Waals surface area contributed by atoms with Crippen molar-refractivity contribution in [2.45, 2.75) is 11.3 Å².